The van der Waals surface area contributed by atoms with Crippen molar-refractivity contribution in [2.45, 2.75) is 26.7 Å². The van der Waals surface area contributed by atoms with E-state index in [0.29, 0.717) is 13.1 Å². The predicted molar refractivity (Wildman–Crippen MR) is 119 cm³/mol. The largest absolute Gasteiger partial charge is 0.311 e. The van der Waals surface area contributed by atoms with Crippen molar-refractivity contribution in [3.05, 3.63) is 71.7 Å². The second-order valence-electron chi connectivity index (χ2n) is 7.55. The molecule has 6 heteroatoms. The zero-order valence-electron chi connectivity index (χ0n) is 17.9. The van der Waals surface area contributed by atoms with Crippen molar-refractivity contribution in [2.24, 2.45) is 0 Å². The summed E-state index contributed by atoms with van der Waals surface area (Å²) in [4.78, 5) is 16.7. The van der Waals surface area contributed by atoms with Crippen LogP contribution in [0.1, 0.15) is 24.6 Å². The summed E-state index contributed by atoms with van der Waals surface area (Å²) in [5.74, 6) is -0.148. The molecular weight excluding hydrogens is 379 g/mol. The van der Waals surface area contributed by atoms with Crippen LogP contribution in [-0.4, -0.2) is 47.7 Å². The molecule has 0 bridgehead atoms. The number of rotatable bonds is 9. The minimum Gasteiger partial charge on any atom is -0.311 e. The standard InChI is InChI=1S/C24H29FN4O/c1-4-29(23-10-6-5-8-18(23)2)24(30)17-28(3)15-7-9-21-16-22(27-26-21)19-11-13-20(25)14-12-19/h5-6,8,10-14,16H,4,7,9,15,17H2,1-3H3,(H,26,27). The van der Waals surface area contributed by atoms with E-state index in [0.717, 1.165) is 47.6 Å². The van der Waals surface area contributed by atoms with Gasteiger partial charge in [0.25, 0.3) is 0 Å². The molecule has 0 atom stereocenters. The second-order valence-corrected chi connectivity index (χ2v) is 7.55. The first-order chi connectivity index (χ1) is 14.5. The smallest absolute Gasteiger partial charge is 0.241 e. The third kappa shape index (κ3) is 5.54. The van der Waals surface area contributed by atoms with Crippen LogP contribution >= 0.6 is 0 Å². The summed E-state index contributed by atoms with van der Waals surface area (Å²) in [6, 6.07) is 16.3. The van der Waals surface area contributed by atoms with E-state index in [-0.39, 0.29) is 11.7 Å². The number of para-hydroxylation sites is 1. The average molecular weight is 409 g/mol. The van der Waals surface area contributed by atoms with Crippen LogP contribution in [0.3, 0.4) is 0 Å². The third-order valence-electron chi connectivity index (χ3n) is 5.19. The molecule has 158 valence electrons. The monoisotopic (exact) mass is 408 g/mol. The first-order valence-corrected chi connectivity index (χ1v) is 10.3. The molecule has 0 radical (unpaired) electrons. The molecule has 1 aromatic heterocycles. The summed E-state index contributed by atoms with van der Waals surface area (Å²) in [5, 5.41) is 7.37. The topological polar surface area (TPSA) is 52.2 Å². The minimum absolute atomic E-state index is 0.106. The maximum Gasteiger partial charge on any atom is 0.241 e. The Balaban J connectivity index is 1.49. The van der Waals surface area contributed by atoms with Crippen LogP contribution in [0.5, 0.6) is 0 Å². The van der Waals surface area contributed by atoms with Gasteiger partial charge in [-0.1, -0.05) is 18.2 Å². The number of aromatic nitrogens is 2. The molecule has 1 N–H and O–H groups in total. The number of H-pyrrole nitrogens is 1. The highest BCUT2D eigenvalue weighted by atomic mass is 19.1. The average Bonchev–Trinajstić information content (AvgIpc) is 3.19. The van der Waals surface area contributed by atoms with Crippen LogP contribution in [0.4, 0.5) is 10.1 Å². The molecule has 0 aliphatic heterocycles. The van der Waals surface area contributed by atoms with Crippen molar-refractivity contribution >= 4 is 11.6 Å². The van der Waals surface area contributed by atoms with Crippen molar-refractivity contribution in [2.75, 3.05) is 31.6 Å². The summed E-state index contributed by atoms with van der Waals surface area (Å²) in [7, 11) is 1.97. The number of hydrogen-bond donors (Lipinski definition) is 1. The number of halogens is 1. The van der Waals surface area contributed by atoms with Gasteiger partial charge in [0.15, 0.2) is 0 Å². The number of nitrogens with zero attached hydrogens (tertiary/aromatic N) is 3. The zero-order valence-corrected chi connectivity index (χ0v) is 17.9. The number of aryl methyl sites for hydroxylation is 2. The second kappa shape index (κ2) is 10.2. The Bertz CT molecular complexity index is 967. The number of nitrogens with one attached hydrogen (secondary N) is 1. The molecule has 30 heavy (non-hydrogen) atoms. The number of hydrogen-bond acceptors (Lipinski definition) is 3. The molecule has 0 unspecified atom stereocenters. The van der Waals surface area contributed by atoms with Crippen LogP contribution in [0, 0.1) is 12.7 Å². The van der Waals surface area contributed by atoms with Gasteiger partial charge in [-0.05, 0) is 82.2 Å². The number of carbonyl (C=O) groups is 1. The van der Waals surface area contributed by atoms with Gasteiger partial charge >= 0.3 is 0 Å². The number of anilines is 1. The Morgan fingerprint density at radius 2 is 1.87 bits per heavy atom. The maximum absolute atomic E-state index is 13.1. The van der Waals surface area contributed by atoms with Gasteiger partial charge in [-0.25, -0.2) is 4.39 Å². The van der Waals surface area contributed by atoms with E-state index in [4.69, 9.17) is 0 Å². The maximum atomic E-state index is 13.1. The molecule has 3 aromatic rings. The van der Waals surface area contributed by atoms with E-state index >= 15 is 0 Å². The summed E-state index contributed by atoms with van der Waals surface area (Å²) in [6.45, 7) is 5.87. The van der Waals surface area contributed by atoms with Gasteiger partial charge in [-0.3, -0.25) is 14.8 Å². The molecular formula is C24H29FN4O. The number of carbonyl (C=O) groups excluding carboxylic acids is 1. The van der Waals surface area contributed by atoms with E-state index in [9.17, 15) is 9.18 Å². The van der Waals surface area contributed by atoms with Gasteiger partial charge in [0.1, 0.15) is 5.82 Å². The molecule has 0 saturated carbocycles. The lowest BCUT2D eigenvalue weighted by atomic mass is 10.1. The van der Waals surface area contributed by atoms with Crippen molar-refractivity contribution in [3.63, 3.8) is 0 Å². The van der Waals surface area contributed by atoms with E-state index in [1.807, 2.05) is 56.1 Å². The van der Waals surface area contributed by atoms with Gasteiger partial charge in [0, 0.05) is 23.5 Å². The first kappa shape index (κ1) is 21.7. The van der Waals surface area contributed by atoms with Gasteiger partial charge < -0.3 is 4.90 Å². The Morgan fingerprint density at radius 1 is 1.13 bits per heavy atom. The zero-order chi connectivity index (χ0) is 21.5. The molecule has 5 nitrogen and oxygen atoms in total. The Kier molecular flexibility index (Phi) is 7.36. The number of likely N-dealkylation sites (N-methyl/N-ethyl adjacent to an activating group) is 2. The van der Waals surface area contributed by atoms with Crippen molar-refractivity contribution in [1.82, 2.24) is 15.1 Å². The number of benzene rings is 2. The summed E-state index contributed by atoms with van der Waals surface area (Å²) < 4.78 is 13.1. The molecule has 0 saturated heterocycles. The third-order valence-corrected chi connectivity index (χ3v) is 5.19. The van der Waals surface area contributed by atoms with E-state index in [2.05, 4.69) is 15.1 Å². The molecule has 0 aliphatic rings. The summed E-state index contributed by atoms with van der Waals surface area (Å²) in [6.07, 6.45) is 1.74. The molecule has 1 amide bonds. The lowest BCUT2D eigenvalue weighted by Crippen LogP contribution is -2.39. The minimum atomic E-state index is -0.254. The van der Waals surface area contributed by atoms with Crippen LogP contribution in [-0.2, 0) is 11.2 Å². The molecule has 2 aromatic carbocycles. The highest BCUT2D eigenvalue weighted by molar-refractivity contribution is 5.95. The fourth-order valence-electron chi connectivity index (χ4n) is 3.54. The Labute approximate surface area is 177 Å². The summed E-state index contributed by atoms with van der Waals surface area (Å²) >= 11 is 0. The molecule has 3 rings (SSSR count). The number of aromatic amines is 1. The van der Waals surface area contributed by atoms with Gasteiger partial charge in [0.05, 0.1) is 12.2 Å². The van der Waals surface area contributed by atoms with Crippen LogP contribution in [0.25, 0.3) is 11.3 Å². The van der Waals surface area contributed by atoms with E-state index in [1.165, 1.54) is 12.1 Å². The van der Waals surface area contributed by atoms with E-state index in [1.54, 1.807) is 12.1 Å². The van der Waals surface area contributed by atoms with E-state index < -0.39 is 0 Å². The van der Waals surface area contributed by atoms with Crippen LogP contribution < -0.4 is 4.90 Å². The SMILES string of the molecule is CCN(C(=O)CN(C)CCCc1cc(-c2ccc(F)cc2)n[nH]1)c1ccccc1C. The fraction of sp³-hybridized carbons (Fsp3) is 0.333. The fourth-order valence-corrected chi connectivity index (χ4v) is 3.54. The van der Waals surface area contributed by atoms with Crippen molar-refractivity contribution < 1.29 is 9.18 Å². The first-order valence-electron chi connectivity index (χ1n) is 10.3. The Hall–Kier alpha value is -2.99. The van der Waals surface area contributed by atoms with Crippen molar-refractivity contribution in [3.8, 4) is 11.3 Å². The van der Waals surface area contributed by atoms with Gasteiger partial charge in [-0.15, -0.1) is 0 Å². The highest BCUT2D eigenvalue weighted by Gasteiger charge is 2.17. The molecule has 0 aliphatic carbocycles. The van der Waals surface area contributed by atoms with Crippen LogP contribution in [0.15, 0.2) is 54.6 Å². The normalized spacial score (nSPS) is 11.1. The lowest BCUT2D eigenvalue weighted by Gasteiger charge is -2.25. The van der Waals surface area contributed by atoms with Crippen LogP contribution in [0.2, 0.25) is 0 Å². The Morgan fingerprint density at radius 3 is 2.57 bits per heavy atom. The highest BCUT2D eigenvalue weighted by Crippen LogP contribution is 2.20. The quantitative estimate of drug-likeness (QED) is 0.569. The van der Waals surface area contributed by atoms with Gasteiger partial charge in [0.2, 0.25) is 5.91 Å². The lowest BCUT2D eigenvalue weighted by molar-refractivity contribution is -0.119. The predicted octanol–water partition coefficient (Wildman–Crippen LogP) is 4.44. The number of amides is 1. The van der Waals surface area contributed by atoms with Crippen molar-refractivity contribution in [1.29, 1.82) is 0 Å². The molecule has 0 fully saturated rings. The van der Waals surface area contributed by atoms with Gasteiger partial charge in [-0.2, -0.15) is 5.10 Å². The molecule has 1 heterocycles. The summed E-state index contributed by atoms with van der Waals surface area (Å²) in [5.41, 5.74) is 4.81. The molecule has 0 spiro atoms.